The highest BCUT2D eigenvalue weighted by molar-refractivity contribution is 9.10. The van der Waals surface area contributed by atoms with Crippen LogP contribution in [0.3, 0.4) is 0 Å². The first-order valence-corrected chi connectivity index (χ1v) is 9.82. The zero-order valence-electron chi connectivity index (χ0n) is 15.2. The van der Waals surface area contributed by atoms with Gasteiger partial charge in [-0.15, -0.1) is 0 Å². The summed E-state index contributed by atoms with van der Waals surface area (Å²) in [5.41, 5.74) is 0.771. The molecule has 1 fully saturated rings. The Kier molecular flexibility index (Phi) is 6.50. The van der Waals surface area contributed by atoms with Crippen molar-refractivity contribution >= 4 is 21.8 Å². The number of benzene rings is 2. The number of halogens is 2. The second kappa shape index (κ2) is 8.85. The average Bonchev–Trinajstić information content (AvgIpc) is 2.69. The van der Waals surface area contributed by atoms with Gasteiger partial charge in [0.2, 0.25) is 0 Å². The Bertz CT molecular complexity index is 758. The van der Waals surface area contributed by atoms with Crippen LogP contribution in [0.1, 0.15) is 25.3 Å². The van der Waals surface area contributed by atoms with Gasteiger partial charge in [-0.1, -0.05) is 28.1 Å². The van der Waals surface area contributed by atoms with Gasteiger partial charge >= 0.3 is 0 Å². The van der Waals surface area contributed by atoms with E-state index in [4.69, 9.17) is 9.47 Å². The van der Waals surface area contributed by atoms with Crippen molar-refractivity contribution in [1.29, 1.82) is 0 Å². The van der Waals surface area contributed by atoms with E-state index in [0.29, 0.717) is 25.5 Å². The summed E-state index contributed by atoms with van der Waals surface area (Å²) in [6.45, 7) is 3.44. The molecule has 1 amide bonds. The molecule has 1 saturated heterocycles. The minimum atomic E-state index is -0.615. The number of carbonyl (C=O) groups excluding carboxylic acids is 1. The third-order valence-corrected chi connectivity index (χ3v) is 5.53. The number of nitrogens with one attached hydrogen (secondary N) is 1. The summed E-state index contributed by atoms with van der Waals surface area (Å²) >= 11 is 3.37. The van der Waals surface area contributed by atoms with Gasteiger partial charge in [-0.25, -0.2) is 4.39 Å². The Hall–Kier alpha value is -1.92. The van der Waals surface area contributed by atoms with Crippen molar-refractivity contribution in [1.82, 2.24) is 5.32 Å². The van der Waals surface area contributed by atoms with Gasteiger partial charge in [0, 0.05) is 29.6 Å². The topological polar surface area (TPSA) is 47.6 Å². The number of carbonyl (C=O) groups is 1. The van der Waals surface area contributed by atoms with Crippen molar-refractivity contribution in [2.24, 2.45) is 0 Å². The van der Waals surface area contributed by atoms with Crippen LogP contribution in [0.5, 0.6) is 5.75 Å². The Morgan fingerprint density at radius 3 is 2.44 bits per heavy atom. The van der Waals surface area contributed by atoms with E-state index in [1.54, 1.807) is 19.1 Å². The first-order chi connectivity index (χ1) is 13.0. The molecular weight excluding hydrogens is 413 g/mol. The molecule has 1 N–H and O–H groups in total. The van der Waals surface area contributed by atoms with E-state index >= 15 is 0 Å². The summed E-state index contributed by atoms with van der Waals surface area (Å²) in [7, 11) is 0. The van der Waals surface area contributed by atoms with E-state index in [2.05, 4.69) is 21.2 Å². The monoisotopic (exact) mass is 435 g/mol. The maximum Gasteiger partial charge on any atom is 0.260 e. The summed E-state index contributed by atoms with van der Waals surface area (Å²) in [6.07, 6.45) is 0.943. The molecule has 1 heterocycles. The van der Waals surface area contributed by atoms with Crippen LogP contribution in [-0.4, -0.2) is 31.8 Å². The lowest BCUT2D eigenvalue weighted by Crippen LogP contribution is -2.47. The SMILES string of the molecule is CC(Oc1ccc(Br)cc1)C(=O)NCC1(c2ccc(F)cc2)CCOCC1. The quantitative estimate of drug-likeness (QED) is 0.738. The van der Waals surface area contributed by atoms with E-state index in [0.717, 1.165) is 22.9 Å². The summed E-state index contributed by atoms with van der Waals surface area (Å²) in [5.74, 6) is 0.201. The molecule has 4 nitrogen and oxygen atoms in total. The highest BCUT2D eigenvalue weighted by Gasteiger charge is 2.35. The van der Waals surface area contributed by atoms with Crippen LogP contribution >= 0.6 is 15.9 Å². The molecule has 3 rings (SSSR count). The molecule has 0 saturated carbocycles. The number of amides is 1. The van der Waals surface area contributed by atoms with Gasteiger partial charge in [0.15, 0.2) is 6.10 Å². The molecule has 2 aromatic carbocycles. The predicted octanol–water partition coefficient (Wildman–Crippen LogP) is 4.22. The Labute approximate surface area is 167 Å². The lowest BCUT2D eigenvalue weighted by molar-refractivity contribution is -0.127. The van der Waals surface area contributed by atoms with Crippen LogP contribution in [0.4, 0.5) is 4.39 Å². The van der Waals surface area contributed by atoms with Gasteiger partial charge in [-0.2, -0.15) is 0 Å². The standard InChI is InChI=1S/C21H23BrFNO3/c1-15(27-19-8-4-17(22)5-9-19)20(25)24-14-21(10-12-26-13-11-21)16-2-6-18(23)7-3-16/h2-9,15H,10-14H2,1H3,(H,24,25). The molecule has 1 unspecified atom stereocenters. The maximum absolute atomic E-state index is 13.3. The molecule has 1 atom stereocenters. The lowest BCUT2D eigenvalue weighted by atomic mass is 9.74. The maximum atomic E-state index is 13.3. The van der Waals surface area contributed by atoms with Crippen molar-refractivity contribution < 1.29 is 18.7 Å². The molecule has 0 bridgehead atoms. The molecule has 0 aromatic heterocycles. The molecule has 6 heteroatoms. The molecule has 27 heavy (non-hydrogen) atoms. The fourth-order valence-corrected chi connectivity index (χ4v) is 3.57. The fraction of sp³-hybridized carbons (Fsp3) is 0.381. The number of hydrogen-bond donors (Lipinski definition) is 1. The smallest absolute Gasteiger partial charge is 0.260 e. The largest absolute Gasteiger partial charge is 0.481 e. The van der Waals surface area contributed by atoms with Gasteiger partial charge in [-0.3, -0.25) is 4.79 Å². The summed E-state index contributed by atoms with van der Waals surface area (Å²) in [4.78, 5) is 12.5. The van der Waals surface area contributed by atoms with Crippen molar-refractivity contribution in [2.75, 3.05) is 19.8 Å². The zero-order valence-corrected chi connectivity index (χ0v) is 16.8. The molecule has 144 valence electrons. The Morgan fingerprint density at radius 2 is 1.81 bits per heavy atom. The normalized spacial score (nSPS) is 17.1. The summed E-state index contributed by atoms with van der Waals surface area (Å²) < 4.78 is 25.5. The van der Waals surface area contributed by atoms with E-state index < -0.39 is 6.10 Å². The predicted molar refractivity (Wildman–Crippen MR) is 105 cm³/mol. The number of ether oxygens (including phenoxy) is 2. The van der Waals surface area contributed by atoms with Gasteiger partial charge in [0.25, 0.3) is 5.91 Å². The minimum Gasteiger partial charge on any atom is -0.481 e. The molecule has 1 aliphatic heterocycles. The molecule has 0 spiro atoms. The molecule has 2 aromatic rings. The zero-order chi connectivity index (χ0) is 19.3. The minimum absolute atomic E-state index is 0.175. The van der Waals surface area contributed by atoms with Crippen LogP contribution in [0, 0.1) is 5.82 Å². The highest BCUT2D eigenvalue weighted by Crippen LogP contribution is 2.34. The third kappa shape index (κ3) is 5.08. The van der Waals surface area contributed by atoms with Gasteiger partial charge < -0.3 is 14.8 Å². The summed E-state index contributed by atoms with van der Waals surface area (Å²) in [6, 6.07) is 13.9. The van der Waals surface area contributed by atoms with Crippen molar-refractivity contribution in [3.8, 4) is 5.75 Å². The van der Waals surface area contributed by atoms with E-state index in [9.17, 15) is 9.18 Å². The van der Waals surface area contributed by atoms with Crippen molar-refractivity contribution in [2.45, 2.75) is 31.3 Å². The van der Waals surface area contributed by atoms with Crippen LogP contribution in [0.2, 0.25) is 0 Å². The first kappa shape index (κ1) is 19.8. The Morgan fingerprint density at radius 1 is 1.19 bits per heavy atom. The van der Waals surface area contributed by atoms with Crippen molar-refractivity contribution in [3.05, 3.63) is 64.4 Å². The second-order valence-corrected chi connectivity index (χ2v) is 7.75. The molecule has 1 aliphatic rings. The average molecular weight is 436 g/mol. The van der Waals surface area contributed by atoms with E-state index in [1.165, 1.54) is 12.1 Å². The second-order valence-electron chi connectivity index (χ2n) is 6.83. The highest BCUT2D eigenvalue weighted by atomic mass is 79.9. The van der Waals surface area contributed by atoms with E-state index in [1.807, 2.05) is 24.3 Å². The van der Waals surface area contributed by atoms with Crippen LogP contribution < -0.4 is 10.1 Å². The fourth-order valence-electron chi connectivity index (χ4n) is 3.30. The van der Waals surface area contributed by atoms with Crippen LogP contribution in [0.15, 0.2) is 53.0 Å². The van der Waals surface area contributed by atoms with Crippen molar-refractivity contribution in [3.63, 3.8) is 0 Å². The third-order valence-electron chi connectivity index (χ3n) is 5.00. The van der Waals surface area contributed by atoms with Crippen LogP contribution in [0.25, 0.3) is 0 Å². The molecule has 0 aliphatic carbocycles. The molecule has 0 radical (unpaired) electrons. The first-order valence-electron chi connectivity index (χ1n) is 9.02. The summed E-state index contributed by atoms with van der Waals surface area (Å²) in [5, 5.41) is 3.02. The van der Waals surface area contributed by atoms with Gasteiger partial charge in [-0.05, 0) is 61.7 Å². The van der Waals surface area contributed by atoms with Gasteiger partial charge in [0.05, 0.1) is 0 Å². The number of rotatable bonds is 6. The van der Waals surface area contributed by atoms with E-state index in [-0.39, 0.29) is 17.1 Å². The molecular formula is C21H23BrFNO3. The Balaban J connectivity index is 1.65. The van der Waals surface area contributed by atoms with Crippen LogP contribution in [-0.2, 0) is 14.9 Å². The van der Waals surface area contributed by atoms with Gasteiger partial charge in [0.1, 0.15) is 11.6 Å². The number of hydrogen-bond acceptors (Lipinski definition) is 3. The lowest BCUT2D eigenvalue weighted by Gasteiger charge is -2.38.